The van der Waals surface area contributed by atoms with Crippen LogP contribution in [0.1, 0.15) is 22.5 Å². The third-order valence-electron chi connectivity index (χ3n) is 5.66. The summed E-state index contributed by atoms with van der Waals surface area (Å²) < 4.78 is 7.35. The highest BCUT2D eigenvalue weighted by Crippen LogP contribution is 2.27. The fourth-order valence-electron chi connectivity index (χ4n) is 3.69. The van der Waals surface area contributed by atoms with E-state index in [1.807, 2.05) is 67.8 Å². The summed E-state index contributed by atoms with van der Waals surface area (Å²) in [6, 6.07) is 18.5. The number of amides is 2. The average molecular weight is 585 g/mol. The normalized spacial score (nSPS) is 10.8. The first-order valence-electron chi connectivity index (χ1n) is 12.1. The molecule has 2 amide bonds. The SMILES string of the molecule is Cc1cccc(-n2c(CNC(=O)COc3ccc(Cl)cc3Cl)nnc2SCC(=O)Nc2cc(C)ccc2C)c1. The lowest BCUT2D eigenvalue weighted by molar-refractivity contribution is -0.123. The van der Waals surface area contributed by atoms with Gasteiger partial charge in [0.15, 0.2) is 17.6 Å². The summed E-state index contributed by atoms with van der Waals surface area (Å²) in [6.07, 6.45) is 0. The van der Waals surface area contributed by atoms with Gasteiger partial charge in [0.25, 0.3) is 5.91 Å². The number of aryl methyl sites for hydroxylation is 3. The zero-order valence-electron chi connectivity index (χ0n) is 21.6. The zero-order chi connectivity index (χ0) is 27.9. The van der Waals surface area contributed by atoms with E-state index in [1.54, 1.807) is 18.2 Å². The second-order valence-electron chi connectivity index (χ2n) is 8.87. The second-order valence-corrected chi connectivity index (χ2v) is 10.7. The molecule has 2 N–H and O–H groups in total. The van der Waals surface area contributed by atoms with Crippen molar-refractivity contribution >= 4 is 52.5 Å². The van der Waals surface area contributed by atoms with Crippen LogP contribution in [-0.4, -0.2) is 38.9 Å². The maximum Gasteiger partial charge on any atom is 0.258 e. The predicted molar refractivity (Wildman–Crippen MR) is 155 cm³/mol. The Labute approximate surface area is 241 Å². The maximum atomic E-state index is 12.7. The average Bonchev–Trinajstić information content (AvgIpc) is 3.30. The highest BCUT2D eigenvalue weighted by molar-refractivity contribution is 7.99. The molecule has 0 spiro atoms. The number of hydrogen-bond acceptors (Lipinski definition) is 6. The smallest absolute Gasteiger partial charge is 0.258 e. The first kappa shape index (κ1) is 28.5. The highest BCUT2D eigenvalue weighted by Gasteiger charge is 2.17. The first-order valence-corrected chi connectivity index (χ1v) is 13.8. The van der Waals surface area contributed by atoms with Crippen molar-refractivity contribution in [3.63, 3.8) is 0 Å². The van der Waals surface area contributed by atoms with E-state index in [0.717, 1.165) is 28.1 Å². The summed E-state index contributed by atoms with van der Waals surface area (Å²) in [7, 11) is 0. The Balaban J connectivity index is 1.44. The van der Waals surface area contributed by atoms with Crippen LogP contribution in [0.2, 0.25) is 10.0 Å². The van der Waals surface area contributed by atoms with Gasteiger partial charge in [-0.25, -0.2) is 0 Å². The molecule has 0 aliphatic rings. The van der Waals surface area contributed by atoms with Crippen LogP contribution in [0.25, 0.3) is 5.69 Å². The number of nitrogens with zero attached hydrogens (tertiary/aromatic N) is 3. The predicted octanol–water partition coefficient (Wildman–Crippen LogP) is 5.93. The molecule has 0 bridgehead atoms. The third kappa shape index (κ3) is 7.75. The quantitative estimate of drug-likeness (QED) is 0.225. The van der Waals surface area contributed by atoms with Crippen molar-refractivity contribution in [1.82, 2.24) is 20.1 Å². The molecule has 4 aromatic rings. The number of hydrogen-bond donors (Lipinski definition) is 2. The van der Waals surface area contributed by atoms with Crippen molar-refractivity contribution in [2.75, 3.05) is 17.7 Å². The Morgan fingerprint density at radius 1 is 0.949 bits per heavy atom. The minimum atomic E-state index is -0.359. The first-order chi connectivity index (χ1) is 18.7. The fraction of sp³-hybridized carbons (Fsp3) is 0.214. The Morgan fingerprint density at radius 2 is 1.74 bits per heavy atom. The minimum absolute atomic E-state index is 0.104. The Morgan fingerprint density at radius 3 is 2.51 bits per heavy atom. The van der Waals surface area contributed by atoms with Gasteiger partial charge in [0, 0.05) is 16.4 Å². The largest absolute Gasteiger partial charge is 0.482 e. The number of carbonyl (C=O) groups excluding carboxylic acids is 2. The van der Waals surface area contributed by atoms with Gasteiger partial charge in [-0.1, -0.05) is 59.2 Å². The van der Waals surface area contributed by atoms with Crippen molar-refractivity contribution in [3.05, 3.63) is 93.2 Å². The molecule has 0 aliphatic heterocycles. The van der Waals surface area contributed by atoms with Gasteiger partial charge in [-0.2, -0.15) is 0 Å². The second kappa shape index (κ2) is 13.0. The molecule has 4 rings (SSSR count). The van der Waals surface area contributed by atoms with Gasteiger partial charge < -0.3 is 15.4 Å². The molecule has 0 aliphatic carbocycles. The molecule has 0 saturated heterocycles. The Bertz CT molecular complexity index is 1510. The molecule has 8 nitrogen and oxygen atoms in total. The maximum absolute atomic E-state index is 12.7. The molecule has 202 valence electrons. The monoisotopic (exact) mass is 583 g/mol. The molecule has 1 aromatic heterocycles. The van der Waals surface area contributed by atoms with Crippen LogP contribution in [0.5, 0.6) is 5.75 Å². The van der Waals surface area contributed by atoms with Crippen LogP contribution < -0.4 is 15.4 Å². The van der Waals surface area contributed by atoms with Crippen LogP contribution in [0.3, 0.4) is 0 Å². The lowest BCUT2D eigenvalue weighted by Gasteiger charge is -2.13. The van der Waals surface area contributed by atoms with Gasteiger partial charge in [-0.15, -0.1) is 10.2 Å². The third-order valence-corrected chi connectivity index (χ3v) is 7.12. The Kier molecular flexibility index (Phi) is 9.50. The van der Waals surface area contributed by atoms with Crippen molar-refractivity contribution < 1.29 is 14.3 Å². The van der Waals surface area contributed by atoms with Crippen molar-refractivity contribution in [2.45, 2.75) is 32.5 Å². The van der Waals surface area contributed by atoms with Gasteiger partial charge in [0.2, 0.25) is 5.91 Å². The van der Waals surface area contributed by atoms with Crippen molar-refractivity contribution in [3.8, 4) is 11.4 Å². The summed E-state index contributed by atoms with van der Waals surface area (Å²) in [5, 5.41) is 15.7. The van der Waals surface area contributed by atoms with Gasteiger partial charge in [-0.3, -0.25) is 14.2 Å². The zero-order valence-corrected chi connectivity index (χ0v) is 24.0. The van der Waals surface area contributed by atoms with Crippen LogP contribution in [-0.2, 0) is 16.1 Å². The van der Waals surface area contributed by atoms with E-state index in [9.17, 15) is 9.59 Å². The molecule has 11 heteroatoms. The fourth-order valence-corrected chi connectivity index (χ4v) is 4.92. The minimum Gasteiger partial charge on any atom is -0.482 e. The molecular formula is C28H27Cl2N5O3S. The van der Waals surface area contributed by atoms with Crippen LogP contribution >= 0.6 is 35.0 Å². The van der Waals surface area contributed by atoms with E-state index in [1.165, 1.54) is 11.8 Å². The van der Waals surface area contributed by atoms with E-state index >= 15 is 0 Å². The number of benzene rings is 3. The lowest BCUT2D eigenvalue weighted by atomic mass is 10.1. The van der Waals surface area contributed by atoms with E-state index in [2.05, 4.69) is 20.8 Å². The highest BCUT2D eigenvalue weighted by atomic mass is 35.5. The van der Waals surface area contributed by atoms with E-state index in [0.29, 0.717) is 26.8 Å². The van der Waals surface area contributed by atoms with Gasteiger partial charge >= 0.3 is 0 Å². The number of aromatic nitrogens is 3. The standard InChI is InChI=1S/C28H27Cl2N5O3S/c1-17-5-4-6-21(11-17)35-25(14-31-26(36)15-38-24-10-9-20(29)13-22(24)30)33-34-28(35)39-16-27(37)32-23-12-18(2)7-8-19(23)3/h4-13H,14-16H2,1-3H3,(H,31,36)(H,32,37). The molecule has 1 heterocycles. The van der Waals surface area contributed by atoms with Crippen molar-refractivity contribution in [1.29, 1.82) is 0 Å². The number of thioether (sulfide) groups is 1. The van der Waals surface area contributed by atoms with E-state index in [4.69, 9.17) is 27.9 Å². The number of halogens is 2. The summed E-state index contributed by atoms with van der Waals surface area (Å²) in [5.41, 5.74) is 4.71. The number of ether oxygens (including phenoxy) is 1. The molecule has 0 radical (unpaired) electrons. The van der Waals surface area contributed by atoms with Crippen LogP contribution in [0.4, 0.5) is 5.69 Å². The number of carbonyl (C=O) groups is 2. The van der Waals surface area contributed by atoms with Gasteiger partial charge in [-0.05, 0) is 73.9 Å². The summed E-state index contributed by atoms with van der Waals surface area (Å²) in [4.78, 5) is 25.2. The number of rotatable bonds is 10. The summed E-state index contributed by atoms with van der Waals surface area (Å²) >= 11 is 13.3. The molecule has 0 fully saturated rings. The van der Waals surface area contributed by atoms with Crippen molar-refractivity contribution in [2.24, 2.45) is 0 Å². The molecular weight excluding hydrogens is 557 g/mol. The number of nitrogens with one attached hydrogen (secondary N) is 2. The van der Waals surface area contributed by atoms with Gasteiger partial charge in [0.1, 0.15) is 5.75 Å². The topological polar surface area (TPSA) is 98.1 Å². The van der Waals surface area contributed by atoms with Crippen LogP contribution in [0.15, 0.2) is 65.8 Å². The van der Waals surface area contributed by atoms with E-state index in [-0.39, 0.29) is 30.7 Å². The Hall–Kier alpha value is -3.53. The molecule has 0 saturated carbocycles. The van der Waals surface area contributed by atoms with Crippen LogP contribution in [0, 0.1) is 20.8 Å². The van der Waals surface area contributed by atoms with E-state index < -0.39 is 0 Å². The molecule has 0 atom stereocenters. The molecule has 0 unspecified atom stereocenters. The van der Waals surface area contributed by atoms with Gasteiger partial charge in [0.05, 0.1) is 17.3 Å². The summed E-state index contributed by atoms with van der Waals surface area (Å²) in [6.45, 7) is 5.78. The molecule has 3 aromatic carbocycles. The number of anilines is 1. The summed E-state index contributed by atoms with van der Waals surface area (Å²) in [5.74, 6) is 0.495. The lowest BCUT2D eigenvalue weighted by Crippen LogP contribution is -2.29. The molecule has 39 heavy (non-hydrogen) atoms.